The summed E-state index contributed by atoms with van der Waals surface area (Å²) in [6.07, 6.45) is 2.25. The van der Waals surface area contributed by atoms with Crippen LogP contribution >= 0.6 is 0 Å². The number of fused-ring (bicyclic) bond motifs is 2. The number of carbonyl (C=O) groups excluding carboxylic acids is 1. The summed E-state index contributed by atoms with van der Waals surface area (Å²) in [5, 5.41) is 10.5. The molecule has 0 spiro atoms. The number of rotatable bonds is 4. The van der Waals surface area contributed by atoms with Crippen molar-refractivity contribution in [3.63, 3.8) is 0 Å². The number of anilines is 2. The maximum atomic E-state index is 12.7. The predicted octanol–water partition coefficient (Wildman–Crippen LogP) is 5.30. The second-order valence-corrected chi connectivity index (χ2v) is 7.24. The number of Topliss-reactive ketones (excluding diaryl/α,β-unsaturated/α-hetero) is 1. The van der Waals surface area contributed by atoms with Crippen molar-refractivity contribution in [1.82, 2.24) is 9.78 Å². The lowest BCUT2D eigenvalue weighted by Crippen LogP contribution is -2.13. The summed E-state index contributed by atoms with van der Waals surface area (Å²) in [6, 6.07) is 22.1. The quantitative estimate of drug-likeness (QED) is 0.520. The fraction of sp³-hybridized carbons (Fsp3) is 0.167. The highest BCUT2D eigenvalue weighted by atomic mass is 16.5. The zero-order valence-electron chi connectivity index (χ0n) is 16.2. The van der Waals surface area contributed by atoms with E-state index in [-0.39, 0.29) is 5.78 Å². The minimum atomic E-state index is 0.148. The molecular weight excluding hydrogens is 362 g/mol. The minimum Gasteiger partial charge on any atom is -0.497 e. The molecule has 5 nitrogen and oxygen atoms in total. The Hall–Kier alpha value is -3.60. The second kappa shape index (κ2) is 7.09. The molecule has 0 aliphatic heterocycles. The van der Waals surface area contributed by atoms with Crippen molar-refractivity contribution in [3.8, 4) is 11.4 Å². The number of carbonyl (C=O) groups is 1. The molecule has 1 N–H and O–H groups in total. The van der Waals surface area contributed by atoms with Gasteiger partial charge in [-0.1, -0.05) is 30.3 Å². The molecule has 0 bridgehead atoms. The lowest BCUT2D eigenvalue weighted by molar-refractivity contribution is 0.0973. The largest absolute Gasteiger partial charge is 0.497 e. The lowest BCUT2D eigenvalue weighted by Gasteiger charge is -2.14. The number of ketones is 1. The molecule has 3 aromatic carbocycles. The molecule has 0 saturated carbocycles. The molecular formula is C24H21N3O2. The van der Waals surface area contributed by atoms with E-state index < -0.39 is 0 Å². The fourth-order valence-corrected chi connectivity index (χ4v) is 3.95. The smallest absolute Gasteiger partial charge is 0.168 e. The standard InChI is InChI=1S/C24H21N3O2/c1-29-20-13-11-19(12-14-20)27-21-7-4-8-22(28)23(21)24(26-27)25-18-10-9-16-5-2-3-6-17(16)15-18/h2-3,5-6,9-15H,4,7-8H2,1H3,(H,25,26). The van der Waals surface area contributed by atoms with E-state index in [1.54, 1.807) is 7.11 Å². The van der Waals surface area contributed by atoms with Crippen molar-refractivity contribution in [2.45, 2.75) is 19.3 Å². The Balaban J connectivity index is 1.58. The maximum absolute atomic E-state index is 12.7. The van der Waals surface area contributed by atoms with Gasteiger partial charge in [0.05, 0.1) is 24.1 Å². The molecule has 1 aliphatic rings. The molecule has 0 amide bonds. The number of ether oxygens (including phenoxy) is 1. The van der Waals surface area contributed by atoms with Crippen molar-refractivity contribution in [2.75, 3.05) is 12.4 Å². The highest BCUT2D eigenvalue weighted by molar-refractivity contribution is 6.03. The zero-order valence-corrected chi connectivity index (χ0v) is 16.2. The number of hydrogen-bond acceptors (Lipinski definition) is 4. The van der Waals surface area contributed by atoms with Crippen molar-refractivity contribution < 1.29 is 9.53 Å². The summed E-state index contributed by atoms with van der Waals surface area (Å²) in [5.74, 6) is 1.56. The Kier molecular flexibility index (Phi) is 4.28. The lowest BCUT2D eigenvalue weighted by atomic mass is 9.95. The number of aromatic nitrogens is 2. The second-order valence-electron chi connectivity index (χ2n) is 7.24. The molecule has 144 valence electrons. The van der Waals surface area contributed by atoms with E-state index in [9.17, 15) is 4.79 Å². The van der Waals surface area contributed by atoms with Crippen molar-refractivity contribution >= 4 is 28.1 Å². The average Bonchev–Trinajstić information content (AvgIpc) is 3.13. The monoisotopic (exact) mass is 383 g/mol. The van der Waals surface area contributed by atoms with Crippen LogP contribution in [0.5, 0.6) is 5.75 Å². The molecule has 0 saturated heterocycles. The molecule has 29 heavy (non-hydrogen) atoms. The SMILES string of the molecule is COc1ccc(-n2nc(Nc3ccc4ccccc4c3)c3c2CCCC3=O)cc1. The van der Waals surface area contributed by atoms with E-state index in [4.69, 9.17) is 9.84 Å². The first-order valence-corrected chi connectivity index (χ1v) is 9.78. The summed E-state index contributed by atoms with van der Waals surface area (Å²) in [4.78, 5) is 12.7. The van der Waals surface area contributed by atoms with Gasteiger partial charge in [0, 0.05) is 12.1 Å². The normalized spacial score (nSPS) is 13.3. The highest BCUT2D eigenvalue weighted by Gasteiger charge is 2.27. The average molecular weight is 383 g/mol. The van der Waals surface area contributed by atoms with Crippen LogP contribution in [-0.2, 0) is 6.42 Å². The minimum absolute atomic E-state index is 0.148. The number of nitrogens with zero attached hydrogens (tertiary/aromatic N) is 2. The van der Waals surface area contributed by atoms with Crippen molar-refractivity contribution in [3.05, 3.63) is 78.0 Å². The number of methoxy groups -OCH3 is 1. The first kappa shape index (κ1) is 17.5. The van der Waals surface area contributed by atoms with E-state index in [1.165, 1.54) is 5.39 Å². The summed E-state index contributed by atoms with van der Waals surface area (Å²) >= 11 is 0. The predicted molar refractivity (Wildman–Crippen MR) is 115 cm³/mol. The molecule has 1 aromatic heterocycles. The van der Waals surface area contributed by atoms with E-state index in [0.717, 1.165) is 41.0 Å². The van der Waals surface area contributed by atoms with E-state index in [1.807, 2.05) is 47.1 Å². The molecule has 1 heterocycles. The molecule has 1 aliphatic carbocycles. The molecule has 5 heteroatoms. The number of nitrogens with one attached hydrogen (secondary N) is 1. The third-order valence-corrected chi connectivity index (χ3v) is 5.41. The summed E-state index contributed by atoms with van der Waals surface area (Å²) in [6.45, 7) is 0. The van der Waals surface area contributed by atoms with Crippen LogP contribution in [0, 0.1) is 0 Å². The van der Waals surface area contributed by atoms with Gasteiger partial charge in [-0.05, 0) is 60.0 Å². The Morgan fingerprint density at radius 1 is 0.966 bits per heavy atom. The van der Waals surface area contributed by atoms with Gasteiger partial charge in [-0.2, -0.15) is 0 Å². The fourth-order valence-electron chi connectivity index (χ4n) is 3.95. The topological polar surface area (TPSA) is 56.1 Å². The van der Waals surface area contributed by atoms with Gasteiger partial charge in [-0.15, -0.1) is 5.10 Å². The van der Waals surface area contributed by atoms with Gasteiger partial charge in [-0.25, -0.2) is 4.68 Å². The van der Waals surface area contributed by atoms with Crippen LogP contribution in [0.15, 0.2) is 66.7 Å². The van der Waals surface area contributed by atoms with E-state index in [2.05, 4.69) is 29.6 Å². The number of benzene rings is 3. The zero-order chi connectivity index (χ0) is 19.8. The Morgan fingerprint density at radius 2 is 1.76 bits per heavy atom. The van der Waals surface area contributed by atoms with Gasteiger partial charge < -0.3 is 10.1 Å². The Labute approximate surface area is 168 Å². The molecule has 0 unspecified atom stereocenters. The van der Waals surface area contributed by atoms with Gasteiger partial charge >= 0.3 is 0 Å². The summed E-state index contributed by atoms with van der Waals surface area (Å²) < 4.78 is 7.14. The van der Waals surface area contributed by atoms with Crippen molar-refractivity contribution in [2.24, 2.45) is 0 Å². The van der Waals surface area contributed by atoms with Gasteiger partial charge in [0.25, 0.3) is 0 Å². The van der Waals surface area contributed by atoms with E-state index >= 15 is 0 Å². The van der Waals surface area contributed by atoms with Crippen LogP contribution in [0.2, 0.25) is 0 Å². The molecule has 4 aromatic rings. The van der Waals surface area contributed by atoms with Crippen LogP contribution in [0.4, 0.5) is 11.5 Å². The maximum Gasteiger partial charge on any atom is 0.168 e. The van der Waals surface area contributed by atoms with Gasteiger partial charge in [0.2, 0.25) is 0 Å². The Morgan fingerprint density at radius 3 is 2.55 bits per heavy atom. The first-order chi connectivity index (χ1) is 14.2. The molecule has 0 fully saturated rings. The van der Waals surface area contributed by atoms with Gasteiger partial charge in [0.15, 0.2) is 11.6 Å². The molecule has 0 atom stereocenters. The van der Waals surface area contributed by atoms with Crippen LogP contribution in [0.25, 0.3) is 16.5 Å². The van der Waals surface area contributed by atoms with Gasteiger partial charge in [-0.3, -0.25) is 4.79 Å². The van der Waals surface area contributed by atoms with Crippen LogP contribution in [0.3, 0.4) is 0 Å². The van der Waals surface area contributed by atoms with Crippen LogP contribution < -0.4 is 10.1 Å². The van der Waals surface area contributed by atoms with E-state index in [0.29, 0.717) is 17.8 Å². The van der Waals surface area contributed by atoms with Crippen LogP contribution in [-0.4, -0.2) is 22.7 Å². The first-order valence-electron chi connectivity index (χ1n) is 9.78. The molecule has 0 radical (unpaired) electrons. The third kappa shape index (κ3) is 3.14. The number of hydrogen-bond donors (Lipinski definition) is 1. The van der Waals surface area contributed by atoms with Gasteiger partial charge in [0.1, 0.15) is 5.75 Å². The highest BCUT2D eigenvalue weighted by Crippen LogP contribution is 2.32. The van der Waals surface area contributed by atoms with Crippen molar-refractivity contribution in [1.29, 1.82) is 0 Å². The third-order valence-electron chi connectivity index (χ3n) is 5.41. The summed E-state index contributed by atoms with van der Waals surface area (Å²) in [7, 11) is 1.65. The summed E-state index contributed by atoms with van der Waals surface area (Å²) in [5.41, 5.74) is 3.52. The van der Waals surface area contributed by atoms with Crippen LogP contribution in [0.1, 0.15) is 28.9 Å². The molecule has 5 rings (SSSR count). The Bertz CT molecular complexity index is 1210.